The number of carboxylic acid groups (broad SMARTS) is 1. The zero-order valence-electron chi connectivity index (χ0n) is 7.58. The standard InChI is InChI=1S/C9H8BrF2NO2/c10-4-6-5(3-7(14)15)1-2-13-8(6)9(11)12/h1-2,9H,3-4H2,(H,14,15). The zero-order chi connectivity index (χ0) is 11.4. The minimum Gasteiger partial charge on any atom is -0.481 e. The van der Waals surface area contributed by atoms with Gasteiger partial charge in [0.25, 0.3) is 6.43 Å². The first-order valence-corrected chi connectivity index (χ1v) is 5.21. The van der Waals surface area contributed by atoms with Crippen LogP contribution in [0.3, 0.4) is 0 Å². The summed E-state index contributed by atoms with van der Waals surface area (Å²) in [5.41, 5.74) is 0.269. The minimum atomic E-state index is -2.69. The van der Waals surface area contributed by atoms with Crippen molar-refractivity contribution < 1.29 is 18.7 Å². The van der Waals surface area contributed by atoms with Crippen LogP contribution in [0.5, 0.6) is 0 Å². The lowest BCUT2D eigenvalue weighted by atomic mass is 10.1. The number of hydrogen-bond acceptors (Lipinski definition) is 2. The van der Waals surface area contributed by atoms with E-state index in [2.05, 4.69) is 20.9 Å². The summed E-state index contributed by atoms with van der Waals surface area (Å²) in [5.74, 6) is -1.05. The van der Waals surface area contributed by atoms with E-state index in [1.54, 1.807) is 0 Å². The highest BCUT2D eigenvalue weighted by atomic mass is 79.9. The van der Waals surface area contributed by atoms with Gasteiger partial charge in [-0.15, -0.1) is 0 Å². The Hall–Kier alpha value is -1.04. The third-order valence-electron chi connectivity index (χ3n) is 1.87. The lowest BCUT2D eigenvalue weighted by Crippen LogP contribution is -2.07. The van der Waals surface area contributed by atoms with Gasteiger partial charge in [-0.1, -0.05) is 15.9 Å². The fourth-order valence-electron chi connectivity index (χ4n) is 1.22. The number of rotatable bonds is 4. The highest BCUT2D eigenvalue weighted by Crippen LogP contribution is 2.25. The number of nitrogens with zero attached hydrogens (tertiary/aromatic N) is 1. The molecule has 0 saturated heterocycles. The molecule has 1 aromatic heterocycles. The minimum absolute atomic E-state index is 0.170. The van der Waals surface area contributed by atoms with Crippen LogP contribution >= 0.6 is 15.9 Å². The molecule has 0 aliphatic rings. The summed E-state index contributed by atoms with van der Waals surface area (Å²) in [7, 11) is 0. The van der Waals surface area contributed by atoms with Crippen molar-refractivity contribution in [3.63, 3.8) is 0 Å². The Morgan fingerprint density at radius 1 is 1.60 bits per heavy atom. The normalized spacial score (nSPS) is 10.7. The number of aliphatic carboxylic acids is 1. The molecule has 0 unspecified atom stereocenters. The fourth-order valence-corrected chi connectivity index (χ4v) is 1.87. The third kappa shape index (κ3) is 2.95. The molecule has 1 aromatic rings. The molecular formula is C9H8BrF2NO2. The Morgan fingerprint density at radius 3 is 2.73 bits per heavy atom. The molecular weight excluding hydrogens is 272 g/mol. The Bertz CT molecular complexity index is 371. The largest absolute Gasteiger partial charge is 0.481 e. The average Bonchev–Trinajstić information content (AvgIpc) is 2.16. The summed E-state index contributed by atoms with van der Waals surface area (Å²) in [6, 6.07) is 1.44. The van der Waals surface area contributed by atoms with Gasteiger partial charge in [0.15, 0.2) is 0 Å². The number of alkyl halides is 3. The molecule has 6 heteroatoms. The zero-order valence-corrected chi connectivity index (χ0v) is 9.17. The van der Waals surface area contributed by atoms with Gasteiger partial charge in [0.05, 0.1) is 6.42 Å². The van der Waals surface area contributed by atoms with Crippen molar-refractivity contribution in [2.24, 2.45) is 0 Å². The Morgan fingerprint density at radius 2 is 2.27 bits per heavy atom. The summed E-state index contributed by atoms with van der Waals surface area (Å²) < 4.78 is 25.0. The Balaban J connectivity index is 3.15. The third-order valence-corrected chi connectivity index (χ3v) is 2.43. The van der Waals surface area contributed by atoms with Crippen LogP contribution in [0, 0.1) is 0 Å². The van der Waals surface area contributed by atoms with Crippen LogP contribution in [0.4, 0.5) is 8.78 Å². The van der Waals surface area contributed by atoms with Gasteiger partial charge in [-0.3, -0.25) is 9.78 Å². The lowest BCUT2D eigenvalue weighted by molar-refractivity contribution is -0.136. The van der Waals surface area contributed by atoms with Gasteiger partial charge in [-0.05, 0) is 17.2 Å². The van der Waals surface area contributed by atoms with Crippen LogP contribution in [-0.2, 0) is 16.5 Å². The molecule has 1 N–H and O–H groups in total. The summed E-state index contributed by atoms with van der Waals surface area (Å²) in [6.07, 6.45) is -1.76. The maximum Gasteiger partial charge on any atom is 0.307 e. The predicted molar refractivity (Wildman–Crippen MR) is 53.2 cm³/mol. The second-order valence-corrected chi connectivity index (χ2v) is 3.40. The first kappa shape index (κ1) is 12.0. The average molecular weight is 280 g/mol. The maximum absolute atomic E-state index is 12.5. The Labute approximate surface area is 93.3 Å². The van der Waals surface area contributed by atoms with E-state index in [1.165, 1.54) is 12.3 Å². The van der Waals surface area contributed by atoms with Crippen LogP contribution in [0.15, 0.2) is 12.3 Å². The number of aromatic nitrogens is 1. The molecule has 0 aliphatic carbocycles. The van der Waals surface area contributed by atoms with E-state index in [1.807, 2.05) is 0 Å². The van der Waals surface area contributed by atoms with Crippen molar-refractivity contribution in [2.45, 2.75) is 18.2 Å². The second kappa shape index (κ2) is 5.16. The molecule has 1 rings (SSSR count). The molecule has 0 fully saturated rings. The van der Waals surface area contributed by atoms with Crippen molar-refractivity contribution in [3.8, 4) is 0 Å². The van der Waals surface area contributed by atoms with Crippen LogP contribution in [0.1, 0.15) is 23.2 Å². The number of halogens is 3. The van der Waals surface area contributed by atoms with E-state index in [0.717, 1.165) is 0 Å². The number of hydrogen-bond donors (Lipinski definition) is 1. The van der Waals surface area contributed by atoms with Crippen molar-refractivity contribution in [2.75, 3.05) is 0 Å². The molecule has 0 aromatic carbocycles. The lowest BCUT2D eigenvalue weighted by Gasteiger charge is -2.09. The smallest absolute Gasteiger partial charge is 0.307 e. The monoisotopic (exact) mass is 279 g/mol. The van der Waals surface area contributed by atoms with Gasteiger partial charge in [0, 0.05) is 11.5 Å². The molecule has 0 spiro atoms. The summed E-state index contributed by atoms with van der Waals surface area (Å²) in [5, 5.41) is 8.76. The van der Waals surface area contributed by atoms with Gasteiger partial charge in [-0.2, -0.15) is 0 Å². The van der Waals surface area contributed by atoms with Crippen molar-refractivity contribution in [1.29, 1.82) is 0 Å². The molecule has 0 saturated carbocycles. The number of carbonyl (C=O) groups is 1. The van der Waals surface area contributed by atoms with Crippen LogP contribution in [0.25, 0.3) is 0 Å². The van der Waals surface area contributed by atoms with E-state index >= 15 is 0 Å². The van der Waals surface area contributed by atoms with E-state index < -0.39 is 12.4 Å². The molecule has 0 radical (unpaired) electrons. The quantitative estimate of drug-likeness (QED) is 0.862. The second-order valence-electron chi connectivity index (χ2n) is 2.84. The molecule has 0 amide bonds. The maximum atomic E-state index is 12.5. The van der Waals surface area contributed by atoms with Gasteiger partial charge >= 0.3 is 5.97 Å². The summed E-state index contributed by atoms with van der Waals surface area (Å²) in [6.45, 7) is 0. The molecule has 15 heavy (non-hydrogen) atoms. The van der Waals surface area contributed by atoms with E-state index in [4.69, 9.17) is 5.11 Å². The van der Waals surface area contributed by atoms with Gasteiger partial charge in [-0.25, -0.2) is 8.78 Å². The first-order valence-electron chi connectivity index (χ1n) is 4.08. The topological polar surface area (TPSA) is 50.2 Å². The molecule has 82 valence electrons. The molecule has 3 nitrogen and oxygen atoms in total. The summed E-state index contributed by atoms with van der Waals surface area (Å²) in [4.78, 5) is 14.0. The van der Waals surface area contributed by atoms with Gasteiger partial charge < -0.3 is 5.11 Å². The molecule has 1 heterocycles. The van der Waals surface area contributed by atoms with Crippen molar-refractivity contribution >= 4 is 21.9 Å². The highest BCUT2D eigenvalue weighted by molar-refractivity contribution is 9.08. The van der Waals surface area contributed by atoms with Crippen LogP contribution < -0.4 is 0 Å². The van der Waals surface area contributed by atoms with E-state index in [-0.39, 0.29) is 23.0 Å². The predicted octanol–water partition coefficient (Wildman–Crippen LogP) is 2.54. The molecule has 0 aliphatic heterocycles. The SMILES string of the molecule is O=C(O)Cc1ccnc(C(F)F)c1CBr. The van der Waals surface area contributed by atoms with Crippen molar-refractivity contribution in [3.05, 3.63) is 29.1 Å². The van der Waals surface area contributed by atoms with Crippen LogP contribution in [-0.4, -0.2) is 16.1 Å². The fraction of sp³-hybridized carbons (Fsp3) is 0.333. The molecule has 0 atom stereocenters. The van der Waals surface area contributed by atoms with Crippen molar-refractivity contribution in [1.82, 2.24) is 4.98 Å². The van der Waals surface area contributed by atoms with Crippen LogP contribution in [0.2, 0.25) is 0 Å². The first-order chi connectivity index (χ1) is 7.06. The van der Waals surface area contributed by atoms with Gasteiger partial charge in [0.2, 0.25) is 0 Å². The number of pyridine rings is 1. The van der Waals surface area contributed by atoms with E-state index in [0.29, 0.717) is 5.56 Å². The Kier molecular flexibility index (Phi) is 4.14. The number of carboxylic acids is 1. The summed E-state index contributed by atoms with van der Waals surface area (Å²) >= 11 is 3.05. The van der Waals surface area contributed by atoms with Gasteiger partial charge in [0.1, 0.15) is 5.69 Å². The van der Waals surface area contributed by atoms with E-state index in [9.17, 15) is 13.6 Å². The highest BCUT2D eigenvalue weighted by Gasteiger charge is 2.17. The molecule has 0 bridgehead atoms.